The van der Waals surface area contributed by atoms with E-state index in [0.717, 1.165) is 29.3 Å². The van der Waals surface area contributed by atoms with Crippen LogP contribution in [0.15, 0.2) is 24.3 Å². The van der Waals surface area contributed by atoms with Gasteiger partial charge in [0.1, 0.15) is 0 Å². The number of rotatable bonds is 4. The average Bonchev–Trinajstić information content (AvgIpc) is 2.49. The number of nitrogens with one attached hydrogen (secondary N) is 1. The quantitative estimate of drug-likeness (QED) is 0.891. The van der Waals surface area contributed by atoms with Crippen LogP contribution in [0, 0.1) is 5.92 Å². The summed E-state index contributed by atoms with van der Waals surface area (Å²) >= 11 is 0. The van der Waals surface area contributed by atoms with Crippen LogP contribution in [0.3, 0.4) is 0 Å². The van der Waals surface area contributed by atoms with Crippen LogP contribution in [0.25, 0.3) is 11.0 Å². The fraction of sp³-hybridized carbons (Fsp3) is 0.500. The molecule has 1 aliphatic rings. The maximum absolute atomic E-state index is 5.97. The van der Waals surface area contributed by atoms with Crippen molar-refractivity contribution in [3.05, 3.63) is 24.3 Å². The molecule has 0 atom stereocenters. The monoisotopic (exact) mass is 270 g/mol. The van der Waals surface area contributed by atoms with Gasteiger partial charge in [0, 0.05) is 6.54 Å². The molecule has 1 aromatic carbocycles. The summed E-state index contributed by atoms with van der Waals surface area (Å²) < 4.78 is 0. The second-order valence-corrected chi connectivity index (χ2v) is 5.67. The van der Waals surface area contributed by atoms with Crippen molar-refractivity contribution in [2.45, 2.75) is 38.5 Å². The predicted molar refractivity (Wildman–Crippen MR) is 83.6 cm³/mol. The van der Waals surface area contributed by atoms with E-state index in [1.807, 2.05) is 24.3 Å². The van der Waals surface area contributed by atoms with Crippen LogP contribution in [-0.2, 0) is 0 Å². The van der Waals surface area contributed by atoms with Gasteiger partial charge in [0.15, 0.2) is 11.6 Å². The molecule has 1 aromatic heterocycles. The highest BCUT2D eigenvalue weighted by atomic mass is 15.1. The normalized spacial score (nSPS) is 16.4. The number of hydrogen-bond acceptors (Lipinski definition) is 4. The Bertz CT molecular complexity index is 576. The van der Waals surface area contributed by atoms with E-state index in [0.29, 0.717) is 5.82 Å². The SMILES string of the molecule is Nc1nc2ccccc2nc1NCCC1CCCCC1. The summed E-state index contributed by atoms with van der Waals surface area (Å²) in [5.74, 6) is 2.08. The van der Waals surface area contributed by atoms with Crippen molar-refractivity contribution < 1.29 is 0 Å². The van der Waals surface area contributed by atoms with E-state index in [4.69, 9.17) is 5.73 Å². The van der Waals surface area contributed by atoms with Crippen LogP contribution in [0.4, 0.5) is 11.6 Å². The highest BCUT2D eigenvalue weighted by Gasteiger charge is 2.13. The highest BCUT2D eigenvalue weighted by Crippen LogP contribution is 2.26. The predicted octanol–water partition coefficient (Wildman–Crippen LogP) is 3.59. The number of nitrogens with two attached hydrogens (primary N) is 1. The molecule has 20 heavy (non-hydrogen) atoms. The summed E-state index contributed by atoms with van der Waals surface area (Å²) in [5.41, 5.74) is 7.71. The molecule has 0 bridgehead atoms. The number of aromatic nitrogens is 2. The van der Waals surface area contributed by atoms with E-state index < -0.39 is 0 Å². The van der Waals surface area contributed by atoms with Gasteiger partial charge in [0.2, 0.25) is 0 Å². The molecule has 3 N–H and O–H groups in total. The Labute approximate surface area is 119 Å². The maximum atomic E-state index is 5.97. The smallest absolute Gasteiger partial charge is 0.169 e. The second kappa shape index (κ2) is 6.07. The number of anilines is 2. The van der Waals surface area contributed by atoms with Gasteiger partial charge in [-0.3, -0.25) is 0 Å². The summed E-state index contributed by atoms with van der Waals surface area (Å²) in [6.45, 7) is 0.932. The van der Waals surface area contributed by atoms with Gasteiger partial charge >= 0.3 is 0 Å². The van der Waals surface area contributed by atoms with E-state index in [9.17, 15) is 0 Å². The van der Waals surface area contributed by atoms with Crippen molar-refractivity contribution >= 4 is 22.7 Å². The number of fused-ring (bicyclic) bond motifs is 1. The fourth-order valence-corrected chi connectivity index (χ4v) is 3.01. The highest BCUT2D eigenvalue weighted by molar-refractivity contribution is 5.79. The minimum Gasteiger partial charge on any atom is -0.381 e. The number of nitrogens with zero attached hydrogens (tertiary/aromatic N) is 2. The molecule has 0 amide bonds. The molecular formula is C16H22N4. The van der Waals surface area contributed by atoms with Gasteiger partial charge in [0.05, 0.1) is 11.0 Å². The van der Waals surface area contributed by atoms with Crippen molar-refractivity contribution in [2.24, 2.45) is 5.92 Å². The first kappa shape index (κ1) is 13.2. The van der Waals surface area contributed by atoms with Gasteiger partial charge in [-0.1, -0.05) is 44.2 Å². The molecule has 1 heterocycles. The van der Waals surface area contributed by atoms with Crippen molar-refractivity contribution in [3.8, 4) is 0 Å². The van der Waals surface area contributed by atoms with Gasteiger partial charge < -0.3 is 11.1 Å². The number of para-hydroxylation sites is 2. The molecule has 1 saturated carbocycles. The van der Waals surface area contributed by atoms with Crippen LogP contribution in [-0.4, -0.2) is 16.5 Å². The molecule has 0 aliphatic heterocycles. The molecule has 0 saturated heterocycles. The zero-order valence-electron chi connectivity index (χ0n) is 11.8. The third kappa shape index (κ3) is 3.00. The largest absolute Gasteiger partial charge is 0.381 e. The third-order valence-electron chi connectivity index (χ3n) is 4.17. The van der Waals surface area contributed by atoms with Crippen molar-refractivity contribution in [3.63, 3.8) is 0 Å². The Kier molecular flexibility index (Phi) is 4.00. The molecule has 106 valence electrons. The van der Waals surface area contributed by atoms with Crippen molar-refractivity contribution in [2.75, 3.05) is 17.6 Å². The lowest BCUT2D eigenvalue weighted by Gasteiger charge is -2.21. The maximum Gasteiger partial charge on any atom is 0.169 e. The third-order valence-corrected chi connectivity index (χ3v) is 4.17. The molecule has 3 rings (SSSR count). The molecule has 1 fully saturated rings. The van der Waals surface area contributed by atoms with Gasteiger partial charge in [-0.05, 0) is 24.5 Å². The van der Waals surface area contributed by atoms with Crippen LogP contribution >= 0.6 is 0 Å². The first-order valence-corrected chi connectivity index (χ1v) is 7.59. The standard InChI is InChI=1S/C16H22N4/c17-15-16(18-11-10-12-6-2-1-3-7-12)20-14-9-5-4-8-13(14)19-15/h4-5,8-9,12H,1-3,6-7,10-11H2,(H2,17,19)(H,18,20). The van der Waals surface area contributed by atoms with Crippen molar-refractivity contribution in [1.82, 2.24) is 9.97 Å². The Hall–Kier alpha value is -1.84. The molecule has 2 aromatic rings. The lowest BCUT2D eigenvalue weighted by molar-refractivity contribution is 0.345. The summed E-state index contributed by atoms with van der Waals surface area (Å²) in [6.07, 6.45) is 8.15. The van der Waals surface area contributed by atoms with E-state index in [2.05, 4.69) is 15.3 Å². The van der Waals surface area contributed by atoms with Gasteiger partial charge in [-0.15, -0.1) is 0 Å². The Morgan fingerprint density at radius 2 is 1.75 bits per heavy atom. The van der Waals surface area contributed by atoms with Gasteiger partial charge in [0.25, 0.3) is 0 Å². The molecule has 4 heteroatoms. The van der Waals surface area contributed by atoms with Gasteiger partial charge in [-0.25, -0.2) is 9.97 Å². The first-order valence-electron chi connectivity index (χ1n) is 7.59. The fourth-order valence-electron chi connectivity index (χ4n) is 3.01. The first-order chi connectivity index (χ1) is 9.83. The second-order valence-electron chi connectivity index (χ2n) is 5.67. The summed E-state index contributed by atoms with van der Waals surface area (Å²) in [5, 5.41) is 3.35. The zero-order chi connectivity index (χ0) is 13.8. The van der Waals surface area contributed by atoms with Gasteiger partial charge in [-0.2, -0.15) is 0 Å². The molecule has 1 aliphatic carbocycles. The van der Waals surface area contributed by atoms with E-state index in [1.165, 1.54) is 38.5 Å². The molecule has 0 radical (unpaired) electrons. The van der Waals surface area contributed by atoms with Crippen LogP contribution in [0.2, 0.25) is 0 Å². The Morgan fingerprint density at radius 3 is 2.50 bits per heavy atom. The number of nitrogen functional groups attached to an aromatic ring is 1. The Morgan fingerprint density at radius 1 is 1.05 bits per heavy atom. The Balaban J connectivity index is 1.63. The minimum atomic E-state index is 0.493. The number of benzene rings is 1. The molecule has 4 nitrogen and oxygen atoms in total. The average molecular weight is 270 g/mol. The molecular weight excluding hydrogens is 248 g/mol. The minimum absolute atomic E-state index is 0.493. The summed E-state index contributed by atoms with van der Waals surface area (Å²) in [4.78, 5) is 8.95. The molecule has 0 unspecified atom stereocenters. The zero-order valence-corrected chi connectivity index (χ0v) is 11.8. The lowest BCUT2D eigenvalue weighted by atomic mass is 9.87. The van der Waals surface area contributed by atoms with Crippen LogP contribution in [0.1, 0.15) is 38.5 Å². The van der Waals surface area contributed by atoms with E-state index in [-0.39, 0.29) is 0 Å². The van der Waals surface area contributed by atoms with E-state index >= 15 is 0 Å². The van der Waals surface area contributed by atoms with E-state index in [1.54, 1.807) is 0 Å². The van der Waals surface area contributed by atoms with Crippen molar-refractivity contribution in [1.29, 1.82) is 0 Å². The lowest BCUT2D eigenvalue weighted by Crippen LogP contribution is -2.14. The molecule has 0 spiro atoms. The van der Waals surface area contributed by atoms with Crippen LogP contribution in [0.5, 0.6) is 0 Å². The van der Waals surface area contributed by atoms with Crippen LogP contribution < -0.4 is 11.1 Å². The topological polar surface area (TPSA) is 63.8 Å². The summed E-state index contributed by atoms with van der Waals surface area (Å²) in [7, 11) is 0. The number of hydrogen-bond donors (Lipinski definition) is 2. The summed E-state index contributed by atoms with van der Waals surface area (Å²) in [6, 6.07) is 7.82.